The molecule has 3 rings (SSSR count). The number of rotatable bonds is 10. The Morgan fingerprint density at radius 1 is 1.25 bits per heavy atom. The molecule has 5 atom stereocenters. The fourth-order valence-corrected chi connectivity index (χ4v) is 5.32. The summed E-state index contributed by atoms with van der Waals surface area (Å²) in [5.74, 6) is -0.520. The highest BCUT2D eigenvalue weighted by Gasteiger charge is 2.56. The number of para-hydroxylation sites is 1. The molecule has 15 heteroatoms. The molecule has 1 aliphatic rings. The summed E-state index contributed by atoms with van der Waals surface area (Å²) in [5, 5.41) is 13.2. The van der Waals surface area contributed by atoms with Crippen molar-refractivity contribution >= 4 is 36.9 Å². The maximum atomic E-state index is 13.6. The molecule has 36 heavy (non-hydrogen) atoms. The molecule has 2 aromatic rings. The van der Waals surface area contributed by atoms with Gasteiger partial charge in [0.1, 0.15) is 24.0 Å². The maximum absolute atomic E-state index is 13.6. The number of aliphatic hydroxyl groups excluding tert-OH is 1. The molecular weight excluding hydrogens is 540 g/mol. The highest BCUT2D eigenvalue weighted by Crippen LogP contribution is 2.49. The number of carbonyl (C=O) groups is 1. The van der Waals surface area contributed by atoms with Crippen LogP contribution in [-0.2, 0) is 23.4 Å². The summed E-state index contributed by atoms with van der Waals surface area (Å²) in [6.45, 7) is 4.17. The lowest BCUT2D eigenvalue weighted by Gasteiger charge is -2.25. The first kappa shape index (κ1) is 28.4. The van der Waals surface area contributed by atoms with Crippen LogP contribution in [0.5, 0.6) is 5.75 Å². The zero-order chi connectivity index (χ0) is 26.7. The van der Waals surface area contributed by atoms with E-state index in [9.17, 15) is 24.1 Å². The molecule has 1 saturated heterocycles. The normalized spacial score (nSPS) is 23.7. The number of alkyl halides is 2. The van der Waals surface area contributed by atoms with E-state index in [2.05, 4.69) is 5.09 Å². The van der Waals surface area contributed by atoms with E-state index in [0.29, 0.717) is 0 Å². The van der Waals surface area contributed by atoms with Crippen molar-refractivity contribution in [3.63, 3.8) is 0 Å². The number of benzene rings is 1. The van der Waals surface area contributed by atoms with Gasteiger partial charge in [0.15, 0.2) is 10.6 Å². The summed E-state index contributed by atoms with van der Waals surface area (Å²) in [4.78, 5) is 37.9. The summed E-state index contributed by atoms with van der Waals surface area (Å²) >= 11 is 12.6. The summed E-state index contributed by atoms with van der Waals surface area (Å²) < 4.78 is 34.3. The minimum absolute atomic E-state index is 0.173. The quantitative estimate of drug-likeness (QED) is 0.221. The van der Waals surface area contributed by atoms with E-state index in [0.717, 1.165) is 16.8 Å². The lowest BCUT2D eigenvalue weighted by atomic mass is 10.2. The van der Waals surface area contributed by atoms with Gasteiger partial charge in [0.2, 0.25) is 0 Å². The van der Waals surface area contributed by atoms with Crippen molar-refractivity contribution in [2.45, 2.75) is 55.7 Å². The fraction of sp³-hybridized carbons (Fsp3) is 0.476. The van der Waals surface area contributed by atoms with Gasteiger partial charge in [0.25, 0.3) is 5.56 Å². The lowest BCUT2D eigenvalue weighted by Crippen LogP contribution is -2.41. The third kappa shape index (κ3) is 6.77. The minimum atomic E-state index is -4.27. The van der Waals surface area contributed by atoms with Crippen LogP contribution in [0.2, 0.25) is 0 Å². The van der Waals surface area contributed by atoms with Crippen LogP contribution in [0.4, 0.5) is 0 Å². The Bertz CT molecular complexity index is 1220. The van der Waals surface area contributed by atoms with Gasteiger partial charge in [-0.1, -0.05) is 41.4 Å². The van der Waals surface area contributed by atoms with E-state index in [-0.39, 0.29) is 5.75 Å². The predicted octanol–water partition coefficient (Wildman–Crippen LogP) is 2.10. The van der Waals surface area contributed by atoms with Crippen LogP contribution in [0.1, 0.15) is 27.0 Å². The average molecular weight is 566 g/mol. The molecule has 198 valence electrons. The van der Waals surface area contributed by atoms with Crippen molar-refractivity contribution < 1.29 is 33.0 Å². The van der Waals surface area contributed by atoms with Gasteiger partial charge in [0, 0.05) is 12.3 Å². The van der Waals surface area contributed by atoms with E-state index in [1.165, 1.54) is 19.1 Å². The third-order valence-corrected chi connectivity index (χ3v) is 7.38. The number of aromatic nitrogens is 2. The highest BCUT2D eigenvalue weighted by atomic mass is 35.5. The number of hydrogen-bond acceptors (Lipinski definition) is 9. The van der Waals surface area contributed by atoms with Crippen LogP contribution >= 0.6 is 30.9 Å². The van der Waals surface area contributed by atoms with Crippen molar-refractivity contribution in [2.24, 2.45) is 0 Å². The summed E-state index contributed by atoms with van der Waals surface area (Å²) in [7, 11) is -4.27. The number of esters is 1. The number of carbonyl (C=O) groups excluding carboxylic acids is 1. The largest absolute Gasteiger partial charge is 0.462 e. The molecule has 3 N–H and O–H groups in total. The number of nitrogens with one attached hydrogen (secondary N) is 2. The molecule has 0 unspecified atom stereocenters. The summed E-state index contributed by atoms with van der Waals surface area (Å²) in [5.41, 5.74) is -1.52. The van der Waals surface area contributed by atoms with Gasteiger partial charge in [-0.05, 0) is 32.9 Å². The van der Waals surface area contributed by atoms with Gasteiger partial charge in [-0.15, -0.1) is 0 Å². The fourth-order valence-electron chi connectivity index (χ4n) is 3.22. The lowest BCUT2D eigenvalue weighted by molar-refractivity contribution is -0.149. The zero-order valence-corrected chi connectivity index (χ0v) is 21.9. The van der Waals surface area contributed by atoms with Gasteiger partial charge < -0.3 is 19.1 Å². The number of aromatic amines is 1. The third-order valence-electron chi connectivity index (χ3n) is 4.92. The number of H-pyrrole nitrogens is 1. The maximum Gasteiger partial charge on any atom is 0.459 e. The molecule has 2 heterocycles. The number of hydrogen-bond donors (Lipinski definition) is 3. The van der Waals surface area contributed by atoms with E-state index in [1.54, 1.807) is 32.0 Å². The van der Waals surface area contributed by atoms with E-state index >= 15 is 0 Å². The highest BCUT2D eigenvalue weighted by molar-refractivity contribution is 7.52. The van der Waals surface area contributed by atoms with Gasteiger partial charge in [-0.25, -0.2) is 9.36 Å². The summed E-state index contributed by atoms with van der Waals surface area (Å²) in [6.07, 6.45) is -3.62. The Morgan fingerprint density at radius 3 is 2.53 bits per heavy atom. The monoisotopic (exact) mass is 565 g/mol. The zero-order valence-electron chi connectivity index (χ0n) is 19.5. The predicted molar refractivity (Wildman–Crippen MR) is 130 cm³/mol. The van der Waals surface area contributed by atoms with Crippen molar-refractivity contribution in [1.82, 2.24) is 14.6 Å². The van der Waals surface area contributed by atoms with Crippen LogP contribution < -0.4 is 20.9 Å². The first-order chi connectivity index (χ1) is 16.8. The molecule has 1 aromatic heterocycles. The molecule has 1 aliphatic heterocycles. The van der Waals surface area contributed by atoms with E-state index in [1.807, 2.05) is 4.98 Å². The molecule has 0 aliphatic carbocycles. The van der Waals surface area contributed by atoms with Gasteiger partial charge in [0.05, 0.1) is 12.7 Å². The van der Waals surface area contributed by atoms with Crippen LogP contribution in [-0.4, -0.2) is 55.9 Å². The Kier molecular flexibility index (Phi) is 9.05. The Labute approximate surface area is 216 Å². The molecule has 0 amide bonds. The number of ether oxygens (including phenoxy) is 2. The smallest absolute Gasteiger partial charge is 0.459 e. The second kappa shape index (κ2) is 11.5. The topological polar surface area (TPSA) is 158 Å². The first-order valence-electron chi connectivity index (χ1n) is 10.8. The second-order valence-electron chi connectivity index (χ2n) is 8.20. The van der Waals surface area contributed by atoms with Crippen molar-refractivity contribution in [3.8, 4) is 5.75 Å². The number of halogens is 2. The van der Waals surface area contributed by atoms with Crippen LogP contribution in [0.25, 0.3) is 0 Å². The average Bonchev–Trinajstić information content (AvgIpc) is 3.01. The van der Waals surface area contributed by atoms with Crippen molar-refractivity contribution in [3.05, 3.63) is 63.4 Å². The van der Waals surface area contributed by atoms with Gasteiger partial charge in [-0.3, -0.25) is 23.7 Å². The molecule has 0 bridgehead atoms. The molecule has 1 aromatic carbocycles. The van der Waals surface area contributed by atoms with Gasteiger partial charge in [-0.2, -0.15) is 5.09 Å². The standard InChI is InChI=1S/C21H26Cl2N3O9P/c1-12(2)33-18(29)13(3)25-36(31,35-14-7-5-4-6-8-14)32-11-15-17(28)21(22,23)19(34-15)26-10-9-16(27)24-20(26)30/h4-10,12-13,15,17,19,28H,11H2,1-3H3,(H,25,31)(H,24,27,30)/t13-,15+,17+,19+,36+/m0/s1. The minimum Gasteiger partial charge on any atom is -0.462 e. The SMILES string of the molecule is CC(C)OC(=O)[C@H](C)N[P@@](=O)(OC[C@H]1O[C@@H](n2ccc(=O)[nH]c2=O)C(Cl)(Cl)[C@@H]1O)Oc1ccccc1. The van der Waals surface area contributed by atoms with Crippen LogP contribution in [0.3, 0.4) is 0 Å². The van der Waals surface area contributed by atoms with Crippen LogP contribution in [0, 0.1) is 0 Å². The molecule has 1 fully saturated rings. The molecule has 0 radical (unpaired) electrons. The molecule has 0 saturated carbocycles. The second-order valence-corrected chi connectivity index (χ2v) is 11.3. The van der Waals surface area contributed by atoms with Gasteiger partial charge >= 0.3 is 19.4 Å². The first-order valence-corrected chi connectivity index (χ1v) is 13.1. The Balaban J connectivity index is 1.80. The molecule has 12 nitrogen and oxygen atoms in total. The van der Waals surface area contributed by atoms with E-state index in [4.69, 9.17) is 41.7 Å². The molecular formula is C21H26Cl2N3O9P. The van der Waals surface area contributed by atoms with E-state index < -0.39 is 66.5 Å². The summed E-state index contributed by atoms with van der Waals surface area (Å²) in [6, 6.07) is 8.01. The van der Waals surface area contributed by atoms with Crippen LogP contribution in [0.15, 0.2) is 52.2 Å². The Morgan fingerprint density at radius 2 is 1.92 bits per heavy atom. The Hall–Kier alpha value is -2.18. The number of aliphatic hydroxyl groups is 1. The van der Waals surface area contributed by atoms with Crippen molar-refractivity contribution in [2.75, 3.05) is 6.61 Å². The van der Waals surface area contributed by atoms with Crippen molar-refractivity contribution in [1.29, 1.82) is 0 Å². The number of nitrogens with zero attached hydrogens (tertiary/aromatic N) is 1. The molecule has 0 spiro atoms.